The molecule has 0 heterocycles. The van der Waals surface area contributed by atoms with Crippen molar-refractivity contribution in [1.29, 1.82) is 0 Å². The van der Waals surface area contributed by atoms with E-state index in [1.807, 2.05) is 0 Å². The summed E-state index contributed by atoms with van der Waals surface area (Å²) < 4.78 is 26.8. The Hall–Kier alpha value is -3.08. The number of ether oxygens (including phenoxy) is 1. The second kappa shape index (κ2) is 41.6. The summed E-state index contributed by atoms with van der Waals surface area (Å²) in [7, 11) is -4.77. The third-order valence-corrected chi connectivity index (χ3v) is 10.2. The quantitative estimate of drug-likeness (QED) is 0.0201. The van der Waals surface area contributed by atoms with Crippen molar-refractivity contribution in [2.45, 2.75) is 187 Å². The molecule has 0 aliphatic carbocycles. The minimum Gasteiger partial charge on any atom is -0.480 e. The van der Waals surface area contributed by atoms with Crippen LogP contribution in [0, 0.1) is 0 Å². The molecule has 0 saturated heterocycles. The van der Waals surface area contributed by atoms with Gasteiger partial charge in [-0.15, -0.1) is 0 Å². The summed E-state index contributed by atoms with van der Waals surface area (Å²) in [5.74, 6) is -2.44. The lowest BCUT2D eigenvalue weighted by molar-refractivity contribution is -0.147. The number of nitrogens with one attached hydrogen (secondary N) is 1. The van der Waals surface area contributed by atoms with Gasteiger partial charge in [-0.1, -0.05) is 151 Å². The number of phosphoric acid groups is 1. The van der Waals surface area contributed by atoms with E-state index in [-0.39, 0.29) is 12.8 Å². The zero-order chi connectivity index (χ0) is 43.5. The maximum Gasteiger partial charge on any atom is 0.472 e. The molecule has 338 valence electrons. The van der Waals surface area contributed by atoms with Gasteiger partial charge in [0.15, 0.2) is 6.04 Å². The summed E-state index contributed by atoms with van der Waals surface area (Å²) in [5, 5.41) is 21.8. The first kappa shape index (κ1) is 55.9. The number of carboxylic acids is 1. The molecule has 11 nitrogen and oxygen atoms in total. The second-order valence-electron chi connectivity index (χ2n) is 14.9. The summed E-state index contributed by atoms with van der Waals surface area (Å²) >= 11 is 0. The van der Waals surface area contributed by atoms with E-state index in [1.54, 1.807) is 0 Å². The van der Waals surface area contributed by atoms with Crippen LogP contribution in [0.1, 0.15) is 174 Å². The fourth-order valence-corrected chi connectivity index (χ4v) is 6.52. The monoisotopic (exact) mass is 850 g/mol. The number of rotatable bonds is 41. The van der Waals surface area contributed by atoms with Crippen LogP contribution in [0.25, 0.3) is 0 Å². The predicted molar refractivity (Wildman–Crippen MR) is 240 cm³/mol. The first-order chi connectivity index (χ1) is 28.6. The van der Waals surface area contributed by atoms with E-state index in [0.29, 0.717) is 12.8 Å². The average Bonchev–Trinajstić information content (AvgIpc) is 3.21. The van der Waals surface area contributed by atoms with Crippen LogP contribution >= 0.6 is 7.82 Å². The number of unbranched alkanes of at least 4 members (excludes halogenated alkanes) is 15. The molecule has 0 aliphatic heterocycles. The first-order valence-electron chi connectivity index (χ1n) is 22.5. The molecule has 0 bridgehead atoms. The number of amides is 1. The molecule has 0 radical (unpaired) electrons. The zero-order valence-corrected chi connectivity index (χ0v) is 37.4. The number of hydrogen-bond acceptors (Lipinski definition) is 8. The molecule has 0 aromatic heterocycles. The molecule has 0 rings (SSSR count). The zero-order valence-electron chi connectivity index (χ0n) is 36.5. The standard InChI is InChI=1S/C47H80NO10P/c1-3-5-7-9-11-13-15-17-19-21-22-23-24-26-28-30-32-34-36-38-45(50)48-44(47(52)53)42-58-59(54,55)57-41-43(49)40-56-46(51)39-37-35-33-31-29-27-25-20-18-16-14-12-10-8-6-4-2/h5,7,11,13,17,19-20,22-23,25-26,28,43-44,49H,3-4,6,8-10,12,14-16,18,21,24,27,29-42H2,1-2H3,(H,48,50)(H,52,53)(H,54,55)/b7-5-,13-11-,19-17-,23-22-,25-20-,28-26-. The van der Waals surface area contributed by atoms with Crippen molar-refractivity contribution >= 4 is 25.7 Å². The highest BCUT2D eigenvalue weighted by atomic mass is 31.2. The van der Waals surface area contributed by atoms with E-state index in [1.165, 1.54) is 44.9 Å². The van der Waals surface area contributed by atoms with Crippen LogP contribution in [0.4, 0.5) is 0 Å². The van der Waals surface area contributed by atoms with Gasteiger partial charge >= 0.3 is 19.8 Å². The Morgan fingerprint density at radius 2 is 0.983 bits per heavy atom. The number of aliphatic carboxylic acids is 1. The normalized spacial score (nSPS) is 14.4. The SMILES string of the molecule is CC/C=C\C/C=C\C/C=C\C/C=C\C/C=C\CCCCCC(=O)NC(COP(=O)(O)OCC(O)COC(=O)CCCCCCC/C=C\CCCCCCCCC)C(=O)O. The van der Waals surface area contributed by atoms with Gasteiger partial charge in [0.25, 0.3) is 0 Å². The van der Waals surface area contributed by atoms with Gasteiger partial charge in [0.2, 0.25) is 5.91 Å². The van der Waals surface area contributed by atoms with Gasteiger partial charge in [0.05, 0.1) is 13.2 Å². The number of esters is 1. The third-order valence-electron chi connectivity index (χ3n) is 9.23. The highest BCUT2D eigenvalue weighted by Crippen LogP contribution is 2.43. The third kappa shape index (κ3) is 41.4. The van der Waals surface area contributed by atoms with E-state index in [0.717, 1.165) is 89.9 Å². The number of hydrogen-bond donors (Lipinski definition) is 4. The average molecular weight is 850 g/mol. The number of carboxylic acid groups (broad SMARTS) is 1. The van der Waals surface area contributed by atoms with E-state index < -0.39 is 57.6 Å². The van der Waals surface area contributed by atoms with Gasteiger partial charge in [0, 0.05) is 12.8 Å². The maximum atomic E-state index is 12.3. The number of aliphatic hydroxyl groups excluding tert-OH is 1. The number of allylic oxidation sites excluding steroid dienone is 12. The molecule has 0 aliphatic rings. The highest BCUT2D eigenvalue weighted by Gasteiger charge is 2.28. The van der Waals surface area contributed by atoms with Gasteiger partial charge in [-0.05, 0) is 83.5 Å². The van der Waals surface area contributed by atoms with Gasteiger partial charge in [-0.3, -0.25) is 18.6 Å². The Morgan fingerprint density at radius 3 is 1.51 bits per heavy atom. The molecule has 3 unspecified atom stereocenters. The fraction of sp³-hybridized carbons (Fsp3) is 0.681. The molecule has 0 spiro atoms. The molecular weight excluding hydrogens is 769 g/mol. The van der Waals surface area contributed by atoms with Crippen molar-refractivity contribution < 1.29 is 47.8 Å². The number of carbonyl (C=O) groups is 3. The number of aliphatic hydroxyl groups is 1. The van der Waals surface area contributed by atoms with E-state index in [2.05, 4.69) is 92.1 Å². The Bertz CT molecular complexity index is 1280. The lowest BCUT2D eigenvalue weighted by Gasteiger charge is -2.18. The summed E-state index contributed by atoms with van der Waals surface area (Å²) in [5.41, 5.74) is 0. The van der Waals surface area contributed by atoms with Gasteiger partial charge in [0.1, 0.15) is 12.7 Å². The van der Waals surface area contributed by atoms with Gasteiger partial charge < -0.3 is 25.2 Å². The fourth-order valence-electron chi connectivity index (χ4n) is 5.75. The van der Waals surface area contributed by atoms with Crippen LogP contribution in [0.5, 0.6) is 0 Å². The Labute approximate surface area is 357 Å². The van der Waals surface area contributed by atoms with Crippen molar-refractivity contribution in [2.24, 2.45) is 0 Å². The summed E-state index contributed by atoms with van der Waals surface area (Å²) in [4.78, 5) is 45.9. The molecule has 0 fully saturated rings. The highest BCUT2D eigenvalue weighted by molar-refractivity contribution is 7.47. The number of phosphoric ester groups is 1. The predicted octanol–water partition coefficient (Wildman–Crippen LogP) is 11.7. The molecule has 12 heteroatoms. The summed E-state index contributed by atoms with van der Waals surface area (Å²) in [6.45, 7) is 2.44. The molecule has 59 heavy (non-hydrogen) atoms. The van der Waals surface area contributed by atoms with Crippen molar-refractivity contribution in [2.75, 3.05) is 19.8 Å². The van der Waals surface area contributed by atoms with E-state index in [4.69, 9.17) is 13.8 Å². The van der Waals surface area contributed by atoms with Crippen molar-refractivity contribution in [3.05, 3.63) is 72.9 Å². The Balaban J connectivity index is 3.98. The van der Waals surface area contributed by atoms with Crippen LogP contribution in [-0.2, 0) is 32.7 Å². The first-order valence-corrected chi connectivity index (χ1v) is 24.0. The molecule has 0 aromatic rings. The van der Waals surface area contributed by atoms with Crippen LogP contribution in [-0.4, -0.2) is 64.9 Å². The minimum atomic E-state index is -4.77. The summed E-state index contributed by atoms with van der Waals surface area (Å²) in [6.07, 6.45) is 49.2. The van der Waals surface area contributed by atoms with Crippen LogP contribution in [0.2, 0.25) is 0 Å². The van der Waals surface area contributed by atoms with Crippen molar-refractivity contribution in [3.8, 4) is 0 Å². The van der Waals surface area contributed by atoms with Crippen LogP contribution in [0.15, 0.2) is 72.9 Å². The van der Waals surface area contributed by atoms with Gasteiger partial charge in [-0.2, -0.15) is 0 Å². The Kier molecular flexibility index (Phi) is 39.5. The van der Waals surface area contributed by atoms with Crippen LogP contribution < -0.4 is 5.32 Å². The lowest BCUT2D eigenvalue weighted by Crippen LogP contribution is -2.43. The molecule has 3 atom stereocenters. The van der Waals surface area contributed by atoms with Crippen LogP contribution in [0.3, 0.4) is 0 Å². The maximum absolute atomic E-state index is 12.3. The van der Waals surface area contributed by atoms with Crippen molar-refractivity contribution in [3.63, 3.8) is 0 Å². The smallest absolute Gasteiger partial charge is 0.472 e. The summed E-state index contributed by atoms with van der Waals surface area (Å²) in [6, 6.07) is -1.57. The molecule has 0 saturated carbocycles. The second-order valence-corrected chi connectivity index (χ2v) is 16.3. The minimum absolute atomic E-state index is 0.102. The Morgan fingerprint density at radius 1 is 0.559 bits per heavy atom. The molecule has 4 N–H and O–H groups in total. The van der Waals surface area contributed by atoms with E-state index in [9.17, 15) is 34.1 Å². The van der Waals surface area contributed by atoms with E-state index >= 15 is 0 Å². The number of carbonyl (C=O) groups excluding carboxylic acids is 2. The van der Waals surface area contributed by atoms with Gasteiger partial charge in [-0.25, -0.2) is 9.36 Å². The molecule has 0 aromatic carbocycles. The van der Waals surface area contributed by atoms with Crippen molar-refractivity contribution in [1.82, 2.24) is 5.32 Å². The molecule has 1 amide bonds. The topological polar surface area (TPSA) is 169 Å². The lowest BCUT2D eigenvalue weighted by atomic mass is 10.1. The largest absolute Gasteiger partial charge is 0.480 e. The molecular formula is C47H80NO10P.